The third kappa shape index (κ3) is 4.04. The van der Waals surface area contributed by atoms with Gasteiger partial charge in [0.05, 0.1) is 4.92 Å². The second-order valence-corrected chi connectivity index (χ2v) is 7.12. The Kier molecular flexibility index (Phi) is 5.74. The van der Waals surface area contributed by atoms with Crippen LogP contribution in [0.5, 0.6) is 0 Å². The Morgan fingerprint density at radius 2 is 2.04 bits per heavy atom. The van der Waals surface area contributed by atoms with Crippen molar-refractivity contribution in [1.29, 1.82) is 0 Å². The Hall–Kier alpha value is -3.20. The molecule has 3 rings (SSSR count). The molecule has 28 heavy (non-hydrogen) atoms. The van der Waals surface area contributed by atoms with Gasteiger partial charge in [-0.3, -0.25) is 14.9 Å². The van der Waals surface area contributed by atoms with Crippen LogP contribution in [0.4, 0.5) is 5.69 Å². The van der Waals surface area contributed by atoms with Crippen LogP contribution in [0.2, 0.25) is 0 Å². The van der Waals surface area contributed by atoms with Gasteiger partial charge in [0.2, 0.25) is 5.91 Å². The van der Waals surface area contributed by atoms with Gasteiger partial charge in [0.25, 0.3) is 5.69 Å². The van der Waals surface area contributed by atoms with Crippen LogP contribution in [-0.2, 0) is 12.3 Å². The number of aryl methyl sites for hydroxylation is 1. The summed E-state index contributed by atoms with van der Waals surface area (Å²) in [5, 5.41) is 20.6. The molecule has 0 aliphatic rings. The number of benzene rings is 2. The molecule has 1 amide bonds. The van der Waals surface area contributed by atoms with E-state index in [4.69, 9.17) is 5.73 Å². The second-order valence-electron chi connectivity index (χ2n) is 6.17. The highest BCUT2D eigenvalue weighted by molar-refractivity contribution is 7.98. The molecule has 144 valence electrons. The molecule has 0 fully saturated rings. The number of hydrogen-bond donors (Lipinski definition) is 1. The first kappa shape index (κ1) is 19.6. The normalized spacial score (nSPS) is 10.8. The smallest absolute Gasteiger partial charge is 0.274 e. The predicted octanol–water partition coefficient (Wildman–Crippen LogP) is 3.57. The minimum Gasteiger partial charge on any atom is -0.366 e. The van der Waals surface area contributed by atoms with Crippen molar-refractivity contribution in [3.05, 3.63) is 69.3 Å². The van der Waals surface area contributed by atoms with Crippen molar-refractivity contribution < 1.29 is 9.72 Å². The summed E-state index contributed by atoms with van der Waals surface area (Å²) in [5.74, 6) is 0.379. The molecule has 0 unspecified atom stereocenters. The van der Waals surface area contributed by atoms with Crippen LogP contribution in [0.15, 0.2) is 47.6 Å². The molecule has 2 N–H and O–H groups in total. The lowest BCUT2D eigenvalue weighted by Crippen LogP contribution is -2.11. The maximum Gasteiger partial charge on any atom is 0.274 e. The second kappa shape index (κ2) is 8.22. The first-order chi connectivity index (χ1) is 13.4. The molecule has 2 aromatic carbocycles. The highest BCUT2D eigenvalue weighted by Crippen LogP contribution is 2.30. The van der Waals surface area contributed by atoms with Gasteiger partial charge >= 0.3 is 0 Å². The summed E-state index contributed by atoms with van der Waals surface area (Å²) in [7, 11) is 0. The van der Waals surface area contributed by atoms with E-state index >= 15 is 0 Å². The SMILES string of the molecule is CCn1c(SCc2ccc(C(N)=O)cc2[N+](=O)[O-])nnc1-c1cccc(C)c1. The van der Waals surface area contributed by atoms with Crippen molar-refractivity contribution in [3.63, 3.8) is 0 Å². The Balaban J connectivity index is 1.88. The monoisotopic (exact) mass is 397 g/mol. The van der Waals surface area contributed by atoms with Gasteiger partial charge in [-0.1, -0.05) is 41.6 Å². The van der Waals surface area contributed by atoms with E-state index in [-0.39, 0.29) is 11.3 Å². The lowest BCUT2D eigenvalue weighted by atomic mass is 10.1. The van der Waals surface area contributed by atoms with E-state index in [0.29, 0.717) is 23.0 Å². The third-order valence-electron chi connectivity index (χ3n) is 4.23. The van der Waals surface area contributed by atoms with Crippen molar-refractivity contribution in [3.8, 4) is 11.4 Å². The molecule has 0 bridgehead atoms. The van der Waals surface area contributed by atoms with Gasteiger partial charge < -0.3 is 10.3 Å². The van der Waals surface area contributed by atoms with Crippen molar-refractivity contribution in [2.45, 2.75) is 31.3 Å². The van der Waals surface area contributed by atoms with E-state index in [0.717, 1.165) is 17.0 Å². The first-order valence-corrected chi connectivity index (χ1v) is 9.59. The summed E-state index contributed by atoms with van der Waals surface area (Å²) in [6, 6.07) is 12.3. The van der Waals surface area contributed by atoms with Crippen LogP contribution in [-0.4, -0.2) is 25.6 Å². The van der Waals surface area contributed by atoms with Gasteiger partial charge in [-0.25, -0.2) is 0 Å². The number of amides is 1. The molecule has 0 aliphatic heterocycles. The molecule has 0 radical (unpaired) electrons. The predicted molar refractivity (Wildman–Crippen MR) is 107 cm³/mol. The number of nitro groups is 1. The highest BCUT2D eigenvalue weighted by atomic mass is 32.2. The van der Waals surface area contributed by atoms with Gasteiger partial charge in [-0.15, -0.1) is 10.2 Å². The summed E-state index contributed by atoms with van der Waals surface area (Å²) >= 11 is 1.36. The Bertz CT molecular complexity index is 1050. The third-order valence-corrected chi connectivity index (χ3v) is 5.25. The molecule has 3 aromatic rings. The maximum atomic E-state index is 11.4. The Morgan fingerprint density at radius 1 is 1.25 bits per heavy atom. The number of rotatable bonds is 7. The highest BCUT2D eigenvalue weighted by Gasteiger charge is 2.19. The van der Waals surface area contributed by atoms with Gasteiger partial charge in [-0.05, 0) is 26.0 Å². The van der Waals surface area contributed by atoms with E-state index in [1.807, 2.05) is 42.7 Å². The fourth-order valence-electron chi connectivity index (χ4n) is 2.83. The number of nitrogens with two attached hydrogens (primary N) is 1. The minimum atomic E-state index is -0.698. The number of aromatic nitrogens is 3. The van der Waals surface area contributed by atoms with E-state index < -0.39 is 10.8 Å². The number of nitro benzene ring substituents is 1. The summed E-state index contributed by atoms with van der Waals surface area (Å²) in [4.78, 5) is 22.1. The molecule has 0 saturated carbocycles. The fourth-order valence-corrected chi connectivity index (χ4v) is 3.83. The molecule has 0 spiro atoms. The molecule has 0 atom stereocenters. The molecular formula is C19H19N5O3S. The maximum absolute atomic E-state index is 11.4. The lowest BCUT2D eigenvalue weighted by molar-refractivity contribution is -0.385. The zero-order valence-corrected chi connectivity index (χ0v) is 16.3. The molecule has 8 nitrogen and oxygen atoms in total. The molecule has 9 heteroatoms. The average molecular weight is 397 g/mol. The van der Waals surface area contributed by atoms with Crippen molar-refractivity contribution in [2.24, 2.45) is 5.73 Å². The number of carbonyl (C=O) groups excluding carboxylic acids is 1. The van der Waals surface area contributed by atoms with Gasteiger partial charge in [0, 0.05) is 35.1 Å². The van der Waals surface area contributed by atoms with Crippen LogP contribution >= 0.6 is 11.8 Å². The zero-order chi connectivity index (χ0) is 20.3. The summed E-state index contributed by atoms with van der Waals surface area (Å²) in [6.07, 6.45) is 0. The molecular weight excluding hydrogens is 378 g/mol. The number of carbonyl (C=O) groups is 1. The minimum absolute atomic E-state index is 0.110. The zero-order valence-electron chi connectivity index (χ0n) is 15.5. The Morgan fingerprint density at radius 3 is 2.68 bits per heavy atom. The van der Waals surface area contributed by atoms with Crippen LogP contribution in [0, 0.1) is 17.0 Å². The quantitative estimate of drug-likeness (QED) is 0.370. The number of thioether (sulfide) groups is 1. The van der Waals surface area contributed by atoms with E-state index in [1.54, 1.807) is 6.07 Å². The molecule has 0 saturated heterocycles. The lowest BCUT2D eigenvalue weighted by Gasteiger charge is -2.08. The van der Waals surface area contributed by atoms with Crippen molar-refractivity contribution >= 4 is 23.4 Å². The van der Waals surface area contributed by atoms with E-state index in [1.165, 1.54) is 23.9 Å². The van der Waals surface area contributed by atoms with Crippen LogP contribution in [0.25, 0.3) is 11.4 Å². The summed E-state index contributed by atoms with van der Waals surface area (Å²) < 4.78 is 1.98. The molecule has 1 heterocycles. The summed E-state index contributed by atoms with van der Waals surface area (Å²) in [6.45, 7) is 4.68. The van der Waals surface area contributed by atoms with Gasteiger partial charge in [0.15, 0.2) is 11.0 Å². The molecule has 0 aliphatic carbocycles. The average Bonchev–Trinajstić information content (AvgIpc) is 3.09. The molecule has 1 aromatic heterocycles. The van der Waals surface area contributed by atoms with Crippen LogP contribution in [0.1, 0.15) is 28.4 Å². The topological polar surface area (TPSA) is 117 Å². The number of hydrogen-bond acceptors (Lipinski definition) is 6. The summed E-state index contributed by atoms with van der Waals surface area (Å²) in [5.41, 5.74) is 7.78. The Labute approximate surface area is 165 Å². The van der Waals surface area contributed by atoms with Crippen LogP contribution < -0.4 is 5.73 Å². The number of primary amides is 1. The van der Waals surface area contributed by atoms with Crippen molar-refractivity contribution in [2.75, 3.05) is 0 Å². The number of nitrogens with zero attached hydrogens (tertiary/aromatic N) is 4. The van der Waals surface area contributed by atoms with E-state index in [2.05, 4.69) is 10.2 Å². The standard InChI is InChI=1S/C19H19N5O3S/c1-3-23-18(14-6-4-5-12(2)9-14)21-22-19(23)28-11-15-8-7-13(17(20)25)10-16(15)24(26)27/h4-10H,3,11H2,1-2H3,(H2,20,25). The van der Waals surface area contributed by atoms with Gasteiger partial charge in [0.1, 0.15) is 0 Å². The fraction of sp³-hybridized carbons (Fsp3) is 0.211. The van der Waals surface area contributed by atoms with Gasteiger partial charge in [-0.2, -0.15) is 0 Å². The van der Waals surface area contributed by atoms with Crippen molar-refractivity contribution in [1.82, 2.24) is 14.8 Å². The van der Waals surface area contributed by atoms with E-state index in [9.17, 15) is 14.9 Å². The first-order valence-electron chi connectivity index (χ1n) is 8.61. The largest absolute Gasteiger partial charge is 0.366 e. The van der Waals surface area contributed by atoms with Crippen LogP contribution in [0.3, 0.4) is 0 Å².